The predicted octanol–water partition coefficient (Wildman–Crippen LogP) is 2.08. The fourth-order valence-electron chi connectivity index (χ4n) is 2.12. The van der Waals surface area contributed by atoms with Crippen molar-refractivity contribution in [2.45, 2.75) is 25.7 Å². The highest BCUT2D eigenvalue weighted by molar-refractivity contribution is 5.95. The molecule has 0 radical (unpaired) electrons. The summed E-state index contributed by atoms with van der Waals surface area (Å²) in [4.78, 5) is 13.6. The normalized spacial score (nSPS) is 15.1. The van der Waals surface area contributed by atoms with E-state index in [0.29, 0.717) is 30.6 Å². The zero-order chi connectivity index (χ0) is 13.7. The molecule has 3 nitrogen and oxygen atoms in total. The number of aliphatic hydroxyl groups is 1. The summed E-state index contributed by atoms with van der Waals surface area (Å²) in [6.07, 6.45) is 2.72. The van der Waals surface area contributed by atoms with Gasteiger partial charge in [-0.25, -0.2) is 4.39 Å². The second-order valence-corrected chi connectivity index (χ2v) is 4.44. The van der Waals surface area contributed by atoms with Crippen LogP contribution in [0.5, 0.6) is 0 Å². The van der Waals surface area contributed by atoms with E-state index < -0.39 is 0 Å². The number of hydrogen-bond donors (Lipinski definition) is 1. The van der Waals surface area contributed by atoms with Crippen LogP contribution in [0.3, 0.4) is 0 Å². The fourth-order valence-corrected chi connectivity index (χ4v) is 2.12. The Morgan fingerprint density at radius 3 is 2.95 bits per heavy atom. The first-order chi connectivity index (χ1) is 9.22. The molecule has 4 heteroatoms. The second-order valence-electron chi connectivity index (χ2n) is 4.44. The summed E-state index contributed by atoms with van der Waals surface area (Å²) in [5.41, 5.74) is 1.17. The Morgan fingerprint density at radius 1 is 1.37 bits per heavy atom. The highest BCUT2D eigenvalue weighted by Gasteiger charge is 2.21. The highest BCUT2D eigenvalue weighted by Crippen LogP contribution is 2.25. The number of amides is 1. The average molecular weight is 261 g/mol. The quantitative estimate of drug-likeness (QED) is 0.828. The second kappa shape index (κ2) is 6.35. The third-order valence-corrected chi connectivity index (χ3v) is 3.03. The number of halogens is 1. The number of carbonyl (C=O) groups excluding carboxylic acids is 1. The molecule has 1 fully saturated rings. The van der Waals surface area contributed by atoms with Crippen LogP contribution in [0.2, 0.25) is 0 Å². The summed E-state index contributed by atoms with van der Waals surface area (Å²) in [5.74, 6) is 5.28. The zero-order valence-corrected chi connectivity index (χ0v) is 10.7. The number of rotatable bonds is 2. The lowest BCUT2D eigenvalue weighted by Gasteiger charge is -2.27. The van der Waals surface area contributed by atoms with Crippen LogP contribution < -0.4 is 4.90 Å². The lowest BCUT2D eigenvalue weighted by Crippen LogP contribution is -2.35. The van der Waals surface area contributed by atoms with Crippen LogP contribution in [-0.4, -0.2) is 24.2 Å². The molecule has 0 spiro atoms. The molecule has 2 rings (SSSR count). The molecule has 0 unspecified atom stereocenters. The first kappa shape index (κ1) is 13.6. The van der Waals surface area contributed by atoms with Gasteiger partial charge in [0.15, 0.2) is 0 Å². The molecule has 1 saturated heterocycles. The number of hydrogen-bond acceptors (Lipinski definition) is 2. The number of anilines is 1. The van der Waals surface area contributed by atoms with Crippen molar-refractivity contribution in [3.8, 4) is 11.8 Å². The summed E-state index contributed by atoms with van der Waals surface area (Å²) in [6.45, 7) is 0.624. The number of nitrogens with zero attached hydrogens (tertiary/aromatic N) is 1. The van der Waals surface area contributed by atoms with E-state index in [4.69, 9.17) is 5.11 Å². The summed E-state index contributed by atoms with van der Waals surface area (Å²) < 4.78 is 13.3. The molecular formula is C15H16FNO2. The van der Waals surface area contributed by atoms with Gasteiger partial charge in [-0.15, -0.1) is 0 Å². The Labute approximate surface area is 112 Å². The van der Waals surface area contributed by atoms with E-state index in [-0.39, 0.29) is 18.3 Å². The van der Waals surface area contributed by atoms with Gasteiger partial charge in [-0.05, 0) is 31.0 Å². The SMILES string of the molecule is O=C1CCCCN1c1ccc(F)cc1C#CCCO. The van der Waals surface area contributed by atoms with Crippen molar-refractivity contribution in [3.63, 3.8) is 0 Å². The lowest BCUT2D eigenvalue weighted by molar-refractivity contribution is -0.119. The third-order valence-electron chi connectivity index (χ3n) is 3.03. The fraction of sp³-hybridized carbons (Fsp3) is 0.400. The van der Waals surface area contributed by atoms with Crippen molar-refractivity contribution in [2.24, 2.45) is 0 Å². The Morgan fingerprint density at radius 2 is 2.21 bits per heavy atom. The van der Waals surface area contributed by atoms with Gasteiger partial charge in [0, 0.05) is 19.4 Å². The van der Waals surface area contributed by atoms with Crippen LogP contribution in [0.25, 0.3) is 0 Å². The molecule has 0 aliphatic carbocycles. The van der Waals surface area contributed by atoms with Crippen LogP contribution in [0.1, 0.15) is 31.2 Å². The van der Waals surface area contributed by atoms with Crippen molar-refractivity contribution < 1.29 is 14.3 Å². The Bertz CT molecular complexity index is 531. The smallest absolute Gasteiger partial charge is 0.227 e. The van der Waals surface area contributed by atoms with E-state index >= 15 is 0 Å². The number of aliphatic hydroxyl groups excluding tert-OH is 1. The van der Waals surface area contributed by atoms with Crippen molar-refractivity contribution in [3.05, 3.63) is 29.6 Å². The minimum absolute atomic E-state index is 0.0275. The van der Waals surface area contributed by atoms with Gasteiger partial charge in [-0.2, -0.15) is 0 Å². The van der Waals surface area contributed by atoms with E-state index in [9.17, 15) is 9.18 Å². The molecule has 1 N–H and O–H groups in total. The van der Waals surface area contributed by atoms with Gasteiger partial charge in [0.1, 0.15) is 5.82 Å². The van der Waals surface area contributed by atoms with Crippen LogP contribution in [0.15, 0.2) is 18.2 Å². The topological polar surface area (TPSA) is 40.5 Å². The van der Waals surface area contributed by atoms with Crippen LogP contribution in [0.4, 0.5) is 10.1 Å². The van der Waals surface area contributed by atoms with Crippen molar-refractivity contribution >= 4 is 11.6 Å². The minimum atomic E-state index is -0.374. The Hall–Kier alpha value is -1.86. The van der Waals surface area contributed by atoms with Gasteiger partial charge in [0.2, 0.25) is 5.91 Å². The van der Waals surface area contributed by atoms with Crippen LogP contribution in [0, 0.1) is 17.7 Å². The molecule has 100 valence electrons. The van der Waals surface area contributed by atoms with Crippen molar-refractivity contribution in [2.75, 3.05) is 18.1 Å². The predicted molar refractivity (Wildman–Crippen MR) is 71.2 cm³/mol. The van der Waals surface area contributed by atoms with E-state index in [1.807, 2.05) is 0 Å². The largest absolute Gasteiger partial charge is 0.395 e. The molecule has 1 heterocycles. The Kier molecular flexibility index (Phi) is 4.53. The standard InChI is InChI=1S/C15H16FNO2/c16-13-7-8-14(12(11-13)5-2-4-10-18)17-9-3-1-6-15(17)19/h7-8,11,18H,1,3-4,6,9-10H2. The highest BCUT2D eigenvalue weighted by atomic mass is 19.1. The molecule has 1 aromatic carbocycles. The van der Waals surface area contributed by atoms with E-state index in [1.165, 1.54) is 12.1 Å². The first-order valence-corrected chi connectivity index (χ1v) is 6.42. The molecule has 1 amide bonds. The van der Waals surface area contributed by atoms with Gasteiger partial charge in [-0.1, -0.05) is 11.8 Å². The van der Waals surface area contributed by atoms with Gasteiger partial charge < -0.3 is 10.0 Å². The molecule has 0 bridgehead atoms. The monoisotopic (exact) mass is 261 g/mol. The number of benzene rings is 1. The van der Waals surface area contributed by atoms with Crippen molar-refractivity contribution in [1.29, 1.82) is 0 Å². The van der Waals surface area contributed by atoms with E-state index in [0.717, 1.165) is 12.8 Å². The summed E-state index contributed by atoms with van der Waals surface area (Å²) in [5, 5.41) is 8.72. The molecular weight excluding hydrogens is 245 g/mol. The van der Waals surface area contributed by atoms with E-state index in [1.54, 1.807) is 11.0 Å². The zero-order valence-electron chi connectivity index (χ0n) is 10.7. The maximum Gasteiger partial charge on any atom is 0.227 e. The molecule has 19 heavy (non-hydrogen) atoms. The average Bonchev–Trinajstić information content (AvgIpc) is 2.40. The Balaban J connectivity index is 2.33. The molecule has 0 aromatic heterocycles. The lowest BCUT2D eigenvalue weighted by atomic mass is 10.1. The summed E-state index contributed by atoms with van der Waals surface area (Å²) >= 11 is 0. The molecule has 0 saturated carbocycles. The summed E-state index contributed by atoms with van der Waals surface area (Å²) in [7, 11) is 0. The van der Waals surface area contributed by atoms with Gasteiger partial charge in [0.25, 0.3) is 0 Å². The molecule has 1 aliphatic rings. The number of carbonyl (C=O) groups is 1. The molecule has 0 atom stereocenters. The third kappa shape index (κ3) is 3.33. The molecule has 1 aromatic rings. The van der Waals surface area contributed by atoms with Gasteiger partial charge in [-0.3, -0.25) is 4.79 Å². The minimum Gasteiger partial charge on any atom is -0.395 e. The summed E-state index contributed by atoms with van der Waals surface area (Å²) in [6, 6.07) is 4.28. The van der Waals surface area contributed by atoms with E-state index in [2.05, 4.69) is 11.8 Å². The van der Waals surface area contributed by atoms with Gasteiger partial charge in [0.05, 0.1) is 17.9 Å². The maximum atomic E-state index is 13.3. The number of piperidine rings is 1. The molecule has 1 aliphatic heterocycles. The van der Waals surface area contributed by atoms with Crippen LogP contribution in [-0.2, 0) is 4.79 Å². The first-order valence-electron chi connectivity index (χ1n) is 6.42. The van der Waals surface area contributed by atoms with Crippen LogP contribution >= 0.6 is 0 Å². The van der Waals surface area contributed by atoms with Crippen molar-refractivity contribution in [1.82, 2.24) is 0 Å². The van der Waals surface area contributed by atoms with Gasteiger partial charge >= 0.3 is 0 Å². The maximum absolute atomic E-state index is 13.3.